The number of nitrogens with zero attached hydrogens (tertiary/aromatic N) is 3. The molecule has 1 fully saturated rings. The molecular formula is C21H21ClN4OS. The van der Waals surface area contributed by atoms with E-state index in [-0.39, 0.29) is 5.91 Å². The summed E-state index contributed by atoms with van der Waals surface area (Å²) in [6, 6.07) is 15.3. The summed E-state index contributed by atoms with van der Waals surface area (Å²) in [6.07, 6.45) is 2.32. The zero-order chi connectivity index (χ0) is 19.7. The van der Waals surface area contributed by atoms with Crippen LogP contribution in [-0.4, -0.2) is 20.7 Å². The van der Waals surface area contributed by atoms with Gasteiger partial charge < -0.3 is 9.88 Å². The number of benzene rings is 2. The standard InChI is InChI=1S/C21H21ClN4OS/c1-13-8-11-16(12-17(13)22)23-20(27)18(14-6-4-3-5-7-14)28-21-25-24-19(26(21)2)15-9-10-15/h3-8,11-12,15,18H,9-10H2,1-2H3,(H,23,27)/t18-/m0/s1. The third-order valence-corrected chi connectivity index (χ3v) is 6.51. The molecule has 144 valence electrons. The van der Waals surface area contributed by atoms with Gasteiger partial charge in [-0.1, -0.05) is 59.8 Å². The van der Waals surface area contributed by atoms with Crippen molar-refractivity contribution in [3.63, 3.8) is 0 Å². The van der Waals surface area contributed by atoms with E-state index >= 15 is 0 Å². The average molecular weight is 413 g/mol. The fourth-order valence-corrected chi connectivity index (χ4v) is 4.20. The number of nitrogens with one attached hydrogen (secondary N) is 1. The van der Waals surface area contributed by atoms with Crippen molar-refractivity contribution in [1.82, 2.24) is 14.8 Å². The van der Waals surface area contributed by atoms with Crippen LogP contribution in [0.2, 0.25) is 5.02 Å². The predicted octanol–water partition coefficient (Wildman–Crippen LogP) is 5.13. The number of anilines is 1. The third-order valence-electron chi connectivity index (χ3n) is 4.81. The molecule has 28 heavy (non-hydrogen) atoms. The summed E-state index contributed by atoms with van der Waals surface area (Å²) in [6.45, 7) is 1.93. The topological polar surface area (TPSA) is 59.8 Å². The lowest BCUT2D eigenvalue weighted by Gasteiger charge is -2.17. The Bertz CT molecular complexity index is 1000. The Kier molecular flexibility index (Phi) is 5.42. The molecule has 0 unspecified atom stereocenters. The largest absolute Gasteiger partial charge is 0.325 e. The van der Waals surface area contributed by atoms with Crippen molar-refractivity contribution >= 4 is 35.0 Å². The molecule has 0 saturated heterocycles. The number of thioether (sulfide) groups is 1. The van der Waals surface area contributed by atoms with E-state index in [1.54, 1.807) is 6.07 Å². The zero-order valence-corrected chi connectivity index (χ0v) is 17.3. The quantitative estimate of drug-likeness (QED) is 0.570. The van der Waals surface area contributed by atoms with Crippen LogP contribution in [0.15, 0.2) is 53.7 Å². The van der Waals surface area contributed by atoms with Crippen LogP contribution in [0, 0.1) is 6.92 Å². The Morgan fingerprint density at radius 2 is 1.96 bits per heavy atom. The summed E-state index contributed by atoms with van der Waals surface area (Å²) in [4.78, 5) is 13.1. The molecule has 3 aromatic rings. The van der Waals surface area contributed by atoms with Gasteiger partial charge in [0.15, 0.2) is 5.16 Å². The number of aryl methyl sites for hydroxylation is 1. The van der Waals surface area contributed by atoms with Crippen molar-refractivity contribution in [2.45, 2.75) is 36.1 Å². The Balaban J connectivity index is 1.60. The molecule has 0 spiro atoms. The van der Waals surface area contributed by atoms with E-state index in [0.717, 1.165) is 34.9 Å². The van der Waals surface area contributed by atoms with Crippen LogP contribution in [0.3, 0.4) is 0 Å². The number of carbonyl (C=O) groups is 1. The summed E-state index contributed by atoms with van der Waals surface area (Å²) in [7, 11) is 1.97. The minimum atomic E-state index is -0.448. The summed E-state index contributed by atoms with van der Waals surface area (Å²) < 4.78 is 2.01. The van der Waals surface area contributed by atoms with E-state index < -0.39 is 5.25 Å². The predicted molar refractivity (Wildman–Crippen MR) is 113 cm³/mol. The van der Waals surface area contributed by atoms with Gasteiger partial charge in [0.25, 0.3) is 0 Å². The molecule has 7 heteroatoms. The summed E-state index contributed by atoms with van der Waals surface area (Å²) in [5, 5.41) is 12.6. The maximum absolute atomic E-state index is 13.1. The molecule has 0 radical (unpaired) electrons. The molecule has 1 heterocycles. The lowest BCUT2D eigenvalue weighted by atomic mass is 10.1. The van der Waals surface area contributed by atoms with Gasteiger partial charge in [-0.2, -0.15) is 0 Å². The Hall–Kier alpha value is -2.31. The zero-order valence-electron chi connectivity index (χ0n) is 15.7. The average Bonchev–Trinajstić information content (AvgIpc) is 3.47. The lowest BCUT2D eigenvalue weighted by Crippen LogP contribution is -2.19. The van der Waals surface area contributed by atoms with Crippen LogP contribution in [0.5, 0.6) is 0 Å². The maximum Gasteiger partial charge on any atom is 0.242 e. The molecular weight excluding hydrogens is 392 g/mol. The van der Waals surface area contributed by atoms with Gasteiger partial charge >= 0.3 is 0 Å². The van der Waals surface area contributed by atoms with E-state index in [1.165, 1.54) is 11.8 Å². The van der Waals surface area contributed by atoms with E-state index in [1.807, 2.05) is 61.0 Å². The second kappa shape index (κ2) is 7.97. The van der Waals surface area contributed by atoms with Crippen molar-refractivity contribution in [3.05, 3.63) is 70.5 Å². The summed E-state index contributed by atoms with van der Waals surface area (Å²) in [5.41, 5.74) is 2.57. The van der Waals surface area contributed by atoms with E-state index in [4.69, 9.17) is 11.6 Å². The molecule has 4 rings (SSSR count). The Morgan fingerprint density at radius 3 is 2.64 bits per heavy atom. The highest BCUT2D eigenvalue weighted by Crippen LogP contribution is 2.41. The van der Waals surface area contributed by atoms with E-state index in [9.17, 15) is 4.79 Å². The first-order valence-electron chi connectivity index (χ1n) is 9.21. The van der Waals surface area contributed by atoms with Crippen molar-refractivity contribution in [2.75, 3.05) is 5.32 Å². The number of aromatic nitrogens is 3. The molecule has 1 aliphatic carbocycles. The minimum absolute atomic E-state index is 0.118. The van der Waals surface area contributed by atoms with Crippen molar-refractivity contribution in [3.8, 4) is 0 Å². The van der Waals surface area contributed by atoms with E-state index in [0.29, 0.717) is 16.6 Å². The van der Waals surface area contributed by atoms with Crippen LogP contribution in [0.25, 0.3) is 0 Å². The minimum Gasteiger partial charge on any atom is -0.325 e. The van der Waals surface area contributed by atoms with Gasteiger partial charge in [-0.05, 0) is 43.0 Å². The molecule has 1 aromatic heterocycles. The molecule has 1 atom stereocenters. The first-order valence-corrected chi connectivity index (χ1v) is 10.5. The summed E-state index contributed by atoms with van der Waals surface area (Å²) in [5.74, 6) is 1.39. The van der Waals surface area contributed by atoms with Crippen LogP contribution >= 0.6 is 23.4 Å². The fraction of sp³-hybridized carbons (Fsp3) is 0.286. The number of halogens is 1. The van der Waals surface area contributed by atoms with Crippen LogP contribution in [0.4, 0.5) is 5.69 Å². The molecule has 1 N–H and O–H groups in total. The molecule has 1 aliphatic rings. The van der Waals surface area contributed by atoms with Crippen molar-refractivity contribution in [2.24, 2.45) is 7.05 Å². The smallest absolute Gasteiger partial charge is 0.242 e. The highest BCUT2D eigenvalue weighted by Gasteiger charge is 2.31. The van der Waals surface area contributed by atoms with Gasteiger partial charge in [0.1, 0.15) is 11.1 Å². The van der Waals surface area contributed by atoms with Gasteiger partial charge in [0.2, 0.25) is 5.91 Å². The third kappa shape index (κ3) is 4.08. The fourth-order valence-electron chi connectivity index (χ4n) is 3.01. The first kappa shape index (κ1) is 19.0. The second-order valence-corrected chi connectivity index (χ2v) is 8.52. The monoisotopic (exact) mass is 412 g/mol. The lowest BCUT2D eigenvalue weighted by molar-refractivity contribution is -0.115. The van der Waals surface area contributed by atoms with Gasteiger partial charge in [-0.25, -0.2) is 0 Å². The molecule has 1 amide bonds. The van der Waals surface area contributed by atoms with Crippen molar-refractivity contribution in [1.29, 1.82) is 0 Å². The second-order valence-electron chi connectivity index (χ2n) is 7.04. The SMILES string of the molecule is Cc1ccc(NC(=O)[C@@H](Sc2nnc(C3CC3)n2C)c2ccccc2)cc1Cl. The normalized spacial score (nSPS) is 14.7. The van der Waals surface area contributed by atoms with Gasteiger partial charge in [0, 0.05) is 23.7 Å². The van der Waals surface area contributed by atoms with Gasteiger partial charge in [-0.3, -0.25) is 4.79 Å². The van der Waals surface area contributed by atoms with E-state index in [2.05, 4.69) is 15.5 Å². The molecule has 0 bridgehead atoms. The van der Waals surface area contributed by atoms with Crippen LogP contribution < -0.4 is 5.32 Å². The Labute approximate surface area is 173 Å². The first-order chi connectivity index (χ1) is 13.5. The Morgan fingerprint density at radius 1 is 1.21 bits per heavy atom. The molecule has 1 saturated carbocycles. The number of carbonyl (C=O) groups excluding carboxylic acids is 1. The highest BCUT2D eigenvalue weighted by atomic mass is 35.5. The number of amides is 1. The molecule has 0 aliphatic heterocycles. The molecule has 5 nitrogen and oxygen atoms in total. The number of hydrogen-bond donors (Lipinski definition) is 1. The van der Waals surface area contributed by atoms with Crippen LogP contribution in [0.1, 0.15) is 41.0 Å². The molecule has 2 aromatic carbocycles. The van der Waals surface area contributed by atoms with Gasteiger partial charge in [0.05, 0.1) is 0 Å². The summed E-state index contributed by atoms with van der Waals surface area (Å²) >= 11 is 7.62. The van der Waals surface area contributed by atoms with Crippen LogP contribution in [-0.2, 0) is 11.8 Å². The van der Waals surface area contributed by atoms with Gasteiger partial charge in [-0.15, -0.1) is 10.2 Å². The maximum atomic E-state index is 13.1. The van der Waals surface area contributed by atoms with Crippen molar-refractivity contribution < 1.29 is 4.79 Å². The number of rotatable bonds is 6. The highest BCUT2D eigenvalue weighted by molar-refractivity contribution is 8.00. The number of hydrogen-bond acceptors (Lipinski definition) is 4.